The Hall–Kier alpha value is -3.61. The standard InChI is InChI=1S/C22H27N5O2/c1-5-13-27(14-6-2)21(28)18-7-9-19(10-8-18)25-22(29)24-16-17-11-12-23-20(15-17)26(3)4/h5-12,15H,1-2,13-14,16H2,3-4H3,(H2,24,25,29). The number of anilines is 2. The molecule has 1 aromatic heterocycles. The Morgan fingerprint density at radius 1 is 1.07 bits per heavy atom. The molecule has 3 amide bonds. The van der Waals surface area contributed by atoms with E-state index in [2.05, 4.69) is 28.8 Å². The van der Waals surface area contributed by atoms with Crippen LogP contribution in [0.3, 0.4) is 0 Å². The molecular formula is C22H27N5O2. The molecule has 7 nitrogen and oxygen atoms in total. The van der Waals surface area contributed by atoms with Crippen LogP contribution in [0.25, 0.3) is 0 Å². The average Bonchev–Trinajstić information content (AvgIpc) is 2.72. The highest BCUT2D eigenvalue weighted by atomic mass is 16.2. The molecule has 0 spiro atoms. The number of aromatic nitrogens is 1. The lowest BCUT2D eigenvalue weighted by Crippen LogP contribution is -2.31. The summed E-state index contributed by atoms with van der Waals surface area (Å²) in [5.41, 5.74) is 2.08. The number of nitrogens with zero attached hydrogens (tertiary/aromatic N) is 3. The van der Waals surface area contributed by atoms with Gasteiger partial charge in [0.15, 0.2) is 0 Å². The van der Waals surface area contributed by atoms with Crippen molar-refractivity contribution in [3.63, 3.8) is 0 Å². The van der Waals surface area contributed by atoms with Gasteiger partial charge in [-0.15, -0.1) is 13.2 Å². The molecule has 0 bridgehead atoms. The summed E-state index contributed by atoms with van der Waals surface area (Å²) < 4.78 is 0. The third kappa shape index (κ3) is 6.49. The highest BCUT2D eigenvalue weighted by Crippen LogP contribution is 2.13. The molecule has 1 aromatic carbocycles. The summed E-state index contributed by atoms with van der Waals surface area (Å²) in [5.74, 6) is 0.710. The monoisotopic (exact) mass is 393 g/mol. The zero-order valence-corrected chi connectivity index (χ0v) is 16.9. The average molecular weight is 393 g/mol. The molecular weight excluding hydrogens is 366 g/mol. The number of carbonyl (C=O) groups is 2. The van der Waals surface area contributed by atoms with Crippen LogP contribution in [-0.2, 0) is 6.54 Å². The Morgan fingerprint density at radius 2 is 1.72 bits per heavy atom. The lowest BCUT2D eigenvalue weighted by Gasteiger charge is -2.19. The van der Waals surface area contributed by atoms with Gasteiger partial charge in [0.05, 0.1) is 0 Å². The van der Waals surface area contributed by atoms with E-state index in [0.717, 1.165) is 11.4 Å². The number of urea groups is 1. The van der Waals surface area contributed by atoms with Crippen LogP contribution >= 0.6 is 0 Å². The summed E-state index contributed by atoms with van der Waals surface area (Å²) in [4.78, 5) is 32.5. The second kappa shape index (κ2) is 10.7. The number of carbonyl (C=O) groups excluding carboxylic acids is 2. The van der Waals surface area contributed by atoms with Gasteiger partial charge in [0.2, 0.25) is 0 Å². The number of nitrogens with one attached hydrogen (secondary N) is 2. The summed E-state index contributed by atoms with van der Waals surface area (Å²) in [6, 6.07) is 10.2. The van der Waals surface area contributed by atoms with Gasteiger partial charge in [0.1, 0.15) is 5.82 Å². The van der Waals surface area contributed by atoms with Crippen molar-refractivity contribution in [3.8, 4) is 0 Å². The molecule has 1 heterocycles. The van der Waals surface area contributed by atoms with Gasteiger partial charge < -0.3 is 20.4 Å². The minimum absolute atomic E-state index is 0.116. The highest BCUT2D eigenvalue weighted by molar-refractivity contribution is 5.95. The van der Waals surface area contributed by atoms with E-state index >= 15 is 0 Å². The predicted molar refractivity (Wildman–Crippen MR) is 117 cm³/mol. The second-order valence-electron chi connectivity index (χ2n) is 6.59. The molecule has 0 aliphatic rings. The fourth-order valence-corrected chi connectivity index (χ4v) is 2.60. The molecule has 7 heteroatoms. The molecule has 0 unspecified atom stereocenters. The maximum Gasteiger partial charge on any atom is 0.319 e. The van der Waals surface area contributed by atoms with Crippen LogP contribution in [0.4, 0.5) is 16.3 Å². The summed E-state index contributed by atoms with van der Waals surface area (Å²) in [5, 5.41) is 5.57. The lowest BCUT2D eigenvalue weighted by atomic mass is 10.1. The Balaban J connectivity index is 1.92. The fraction of sp³-hybridized carbons (Fsp3) is 0.227. The first-order valence-electron chi connectivity index (χ1n) is 9.22. The number of hydrogen-bond acceptors (Lipinski definition) is 4. The molecule has 2 N–H and O–H groups in total. The van der Waals surface area contributed by atoms with Gasteiger partial charge in [-0.1, -0.05) is 12.2 Å². The molecule has 2 rings (SSSR count). The van der Waals surface area contributed by atoms with Crippen LogP contribution in [0.1, 0.15) is 15.9 Å². The molecule has 0 atom stereocenters. The van der Waals surface area contributed by atoms with Crippen molar-refractivity contribution < 1.29 is 9.59 Å². The first-order valence-corrected chi connectivity index (χ1v) is 9.22. The number of amides is 3. The largest absolute Gasteiger partial charge is 0.363 e. The molecule has 2 aromatic rings. The smallest absolute Gasteiger partial charge is 0.319 e. The molecule has 152 valence electrons. The van der Waals surface area contributed by atoms with E-state index in [1.54, 1.807) is 47.5 Å². The van der Waals surface area contributed by atoms with Crippen molar-refractivity contribution in [1.29, 1.82) is 0 Å². The zero-order valence-electron chi connectivity index (χ0n) is 16.9. The van der Waals surface area contributed by atoms with Crippen LogP contribution in [0.5, 0.6) is 0 Å². The maximum atomic E-state index is 12.5. The predicted octanol–water partition coefficient (Wildman–Crippen LogP) is 3.28. The van der Waals surface area contributed by atoms with Crippen LogP contribution in [0.15, 0.2) is 67.9 Å². The minimum Gasteiger partial charge on any atom is -0.363 e. The summed E-state index contributed by atoms with van der Waals surface area (Å²) >= 11 is 0. The quantitative estimate of drug-likeness (QED) is 0.641. The minimum atomic E-state index is -0.327. The molecule has 0 saturated heterocycles. The Bertz CT molecular complexity index is 852. The summed E-state index contributed by atoms with van der Waals surface area (Å²) in [6.45, 7) is 8.60. The number of pyridine rings is 1. The van der Waals surface area contributed by atoms with Gasteiger partial charge in [-0.3, -0.25) is 4.79 Å². The molecule has 29 heavy (non-hydrogen) atoms. The lowest BCUT2D eigenvalue weighted by molar-refractivity contribution is 0.0791. The first-order chi connectivity index (χ1) is 13.9. The van der Waals surface area contributed by atoms with Crippen molar-refractivity contribution in [2.24, 2.45) is 0 Å². The van der Waals surface area contributed by atoms with Crippen LogP contribution in [0.2, 0.25) is 0 Å². The SMILES string of the molecule is C=CCN(CC=C)C(=O)c1ccc(NC(=O)NCc2ccnc(N(C)C)c2)cc1. The summed E-state index contributed by atoms with van der Waals surface area (Å²) in [6.07, 6.45) is 5.06. The van der Waals surface area contributed by atoms with Crippen molar-refractivity contribution in [2.45, 2.75) is 6.54 Å². The number of rotatable bonds is 9. The van der Waals surface area contributed by atoms with Gasteiger partial charge in [0, 0.05) is 51.2 Å². The second-order valence-corrected chi connectivity index (χ2v) is 6.59. The van der Waals surface area contributed by atoms with E-state index < -0.39 is 0 Å². The van der Waals surface area contributed by atoms with E-state index in [-0.39, 0.29) is 11.9 Å². The Morgan fingerprint density at radius 3 is 2.31 bits per heavy atom. The topological polar surface area (TPSA) is 77.6 Å². The Kier molecular flexibility index (Phi) is 7.97. The van der Waals surface area contributed by atoms with Crippen LogP contribution < -0.4 is 15.5 Å². The number of benzene rings is 1. The van der Waals surface area contributed by atoms with Crippen molar-refractivity contribution in [3.05, 3.63) is 79.0 Å². The zero-order chi connectivity index (χ0) is 21.2. The highest BCUT2D eigenvalue weighted by Gasteiger charge is 2.13. The van der Waals surface area contributed by atoms with Crippen molar-refractivity contribution in [1.82, 2.24) is 15.2 Å². The van der Waals surface area contributed by atoms with E-state index in [9.17, 15) is 9.59 Å². The van der Waals surface area contributed by atoms with Crippen LogP contribution in [-0.4, -0.2) is 49.0 Å². The third-order valence-electron chi connectivity index (χ3n) is 4.10. The molecule has 0 fully saturated rings. The fourth-order valence-electron chi connectivity index (χ4n) is 2.60. The number of hydrogen-bond donors (Lipinski definition) is 2. The maximum absolute atomic E-state index is 12.5. The van der Waals surface area contributed by atoms with E-state index in [4.69, 9.17) is 0 Å². The van der Waals surface area contributed by atoms with E-state index in [0.29, 0.717) is 30.9 Å². The van der Waals surface area contributed by atoms with E-state index in [1.807, 2.05) is 31.1 Å². The van der Waals surface area contributed by atoms with Gasteiger partial charge >= 0.3 is 6.03 Å². The molecule has 0 radical (unpaired) electrons. The van der Waals surface area contributed by atoms with E-state index in [1.165, 1.54) is 0 Å². The van der Waals surface area contributed by atoms with Gasteiger partial charge in [-0.05, 0) is 42.0 Å². The van der Waals surface area contributed by atoms with Gasteiger partial charge in [-0.2, -0.15) is 0 Å². The molecule has 0 saturated carbocycles. The van der Waals surface area contributed by atoms with Crippen molar-refractivity contribution >= 4 is 23.4 Å². The molecule has 0 aliphatic carbocycles. The molecule has 0 aliphatic heterocycles. The van der Waals surface area contributed by atoms with Crippen molar-refractivity contribution in [2.75, 3.05) is 37.4 Å². The van der Waals surface area contributed by atoms with Gasteiger partial charge in [-0.25, -0.2) is 9.78 Å². The normalized spacial score (nSPS) is 10.0. The first kappa shape index (κ1) is 21.7. The third-order valence-corrected chi connectivity index (χ3v) is 4.10. The van der Waals surface area contributed by atoms with Crippen LogP contribution in [0, 0.1) is 0 Å². The summed E-state index contributed by atoms with van der Waals surface area (Å²) in [7, 11) is 3.82. The Labute approximate surface area is 171 Å². The van der Waals surface area contributed by atoms with Gasteiger partial charge in [0.25, 0.3) is 5.91 Å².